The van der Waals surface area contributed by atoms with Crippen LogP contribution in [0.25, 0.3) is 10.9 Å². The van der Waals surface area contributed by atoms with Crippen molar-refractivity contribution in [3.05, 3.63) is 62.8 Å². The van der Waals surface area contributed by atoms with E-state index in [0.717, 1.165) is 0 Å². The number of ether oxygens (including phenoxy) is 3. The van der Waals surface area contributed by atoms with Crippen molar-refractivity contribution >= 4 is 16.8 Å². The number of nitriles is 1. The Labute approximate surface area is 214 Å². The number of hydrogen-bond acceptors (Lipinski definition) is 7. The van der Waals surface area contributed by atoms with Crippen LogP contribution in [0, 0.1) is 11.3 Å². The van der Waals surface area contributed by atoms with Crippen LogP contribution in [-0.4, -0.2) is 53.4 Å². The lowest BCUT2D eigenvalue weighted by molar-refractivity contribution is -0.130. The number of benzene rings is 2. The first-order valence-corrected chi connectivity index (χ1v) is 12.2. The summed E-state index contributed by atoms with van der Waals surface area (Å²) in [7, 11) is 1.55. The Morgan fingerprint density at radius 3 is 2.49 bits per heavy atom. The molecule has 0 unspecified atom stereocenters. The van der Waals surface area contributed by atoms with Crippen molar-refractivity contribution in [2.24, 2.45) is 0 Å². The van der Waals surface area contributed by atoms with Crippen molar-refractivity contribution in [2.45, 2.75) is 39.3 Å². The highest BCUT2D eigenvalue weighted by molar-refractivity contribution is 5.80. The third-order valence-corrected chi connectivity index (χ3v) is 6.59. The highest BCUT2D eigenvalue weighted by Crippen LogP contribution is 2.29. The monoisotopic (exact) mass is 506 g/mol. The van der Waals surface area contributed by atoms with Gasteiger partial charge < -0.3 is 19.1 Å². The molecule has 0 radical (unpaired) electrons. The predicted octanol–water partition coefficient (Wildman–Crippen LogP) is 2.70. The number of rotatable bonds is 8. The van der Waals surface area contributed by atoms with Crippen LogP contribution >= 0.6 is 0 Å². The fraction of sp³-hybridized carbons (Fsp3) is 0.407. The summed E-state index contributed by atoms with van der Waals surface area (Å²) in [6, 6.07) is 12.0. The molecule has 1 aliphatic rings. The van der Waals surface area contributed by atoms with Crippen LogP contribution in [0.15, 0.2) is 46.0 Å². The molecule has 2 aromatic carbocycles. The van der Waals surface area contributed by atoms with Crippen LogP contribution in [0.2, 0.25) is 0 Å². The van der Waals surface area contributed by atoms with Crippen LogP contribution in [-0.2, 0) is 11.3 Å². The zero-order chi connectivity index (χ0) is 26.5. The van der Waals surface area contributed by atoms with Crippen LogP contribution in [0.3, 0.4) is 0 Å². The average molecular weight is 507 g/mol. The number of likely N-dealkylation sites (tertiary alicyclic amines) is 1. The van der Waals surface area contributed by atoms with Crippen molar-refractivity contribution in [1.29, 1.82) is 5.26 Å². The molecule has 0 bridgehead atoms. The first-order chi connectivity index (χ1) is 17.9. The van der Waals surface area contributed by atoms with Gasteiger partial charge in [-0.05, 0) is 55.7 Å². The smallest absolute Gasteiger partial charge is 0.332 e. The Bertz CT molecular complexity index is 1460. The van der Waals surface area contributed by atoms with Gasteiger partial charge in [-0.1, -0.05) is 6.07 Å². The van der Waals surface area contributed by atoms with E-state index in [1.165, 1.54) is 11.5 Å². The Kier molecular flexibility index (Phi) is 7.82. The summed E-state index contributed by atoms with van der Waals surface area (Å²) in [6.07, 6.45) is 1.19. The zero-order valence-electron chi connectivity index (χ0n) is 21.2. The number of fused-ring (bicyclic) bond motifs is 1. The molecule has 1 aliphatic heterocycles. The van der Waals surface area contributed by atoms with Gasteiger partial charge in [0.05, 0.1) is 31.2 Å². The van der Waals surface area contributed by atoms with Crippen molar-refractivity contribution in [1.82, 2.24) is 14.0 Å². The SMILES string of the molecule is CCOc1cc(Cn2c(=O)c3cc(OCC#N)ccc3n(C3CCN(C(C)=O)CC3)c2=O)ccc1OC. The second-order valence-electron chi connectivity index (χ2n) is 8.83. The first-order valence-electron chi connectivity index (χ1n) is 12.2. The van der Waals surface area contributed by atoms with Gasteiger partial charge in [0.2, 0.25) is 5.91 Å². The van der Waals surface area contributed by atoms with E-state index in [-0.39, 0.29) is 25.1 Å². The largest absolute Gasteiger partial charge is 0.493 e. The highest BCUT2D eigenvalue weighted by atomic mass is 16.5. The molecule has 1 saturated heterocycles. The van der Waals surface area contributed by atoms with Gasteiger partial charge in [-0.25, -0.2) is 4.79 Å². The number of methoxy groups -OCH3 is 1. The summed E-state index contributed by atoms with van der Waals surface area (Å²) in [5, 5.41) is 9.20. The molecule has 0 aliphatic carbocycles. The van der Waals surface area contributed by atoms with E-state index in [1.54, 1.807) is 53.0 Å². The van der Waals surface area contributed by atoms with E-state index in [0.29, 0.717) is 66.3 Å². The summed E-state index contributed by atoms with van der Waals surface area (Å²) in [6.45, 7) is 4.78. The lowest BCUT2D eigenvalue weighted by atomic mass is 10.0. The van der Waals surface area contributed by atoms with Crippen molar-refractivity contribution in [3.63, 3.8) is 0 Å². The number of hydrogen-bond donors (Lipinski definition) is 0. The van der Waals surface area contributed by atoms with Crippen LogP contribution in [0.5, 0.6) is 17.2 Å². The summed E-state index contributed by atoms with van der Waals surface area (Å²) < 4.78 is 19.3. The van der Waals surface area contributed by atoms with Gasteiger partial charge in [0.15, 0.2) is 18.1 Å². The van der Waals surface area contributed by atoms with E-state index in [4.69, 9.17) is 19.5 Å². The summed E-state index contributed by atoms with van der Waals surface area (Å²) in [4.78, 5) is 41.0. The van der Waals surface area contributed by atoms with Gasteiger partial charge >= 0.3 is 5.69 Å². The van der Waals surface area contributed by atoms with Crippen molar-refractivity contribution in [3.8, 4) is 23.3 Å². The van der Waals surface area contributed by atoms with Gasteiger partial charge in [-0.15, -0.1) is 0 Å². The fourth-order valence-electron chi connectivity index (χ4n) is 4.77. The Balaban J connectivity index is 1.84. The standard InChI is InChI=1S/C27H30N4O6/c1-4-36-25-15-19(5-8-24(25)35-3)17-30-26(33)22-16-21(37-14-11-28)6-7-23(22)31(27(30)34)20-9-12-29(13-10-20)18(2)32/h5-8,15-16,20H,4,9-10,12-14,17H2,1-3H3. The molecule has 3 aromatic rings. The van der Waals surface area contributed by atoms with Gasteiger partial charge in [0, 0.05) is 26.1 Å². The second-order valence-corrected chi connectivity index (χ2v) is 8.83. The average Bonchev–Trinajstić information content (AvgIpc) is 2.90. The lowest BCUT2D eigenvalue weighted by Crippen LogP contribution is -2.45. The van der Waals surface area contributed by atoms with Crippen LogP contribution < -0.4 is 25.5 Å². The van der Waals surface area contributed by atoms with E-state index in [2.05, 4.69) is 0 Å². The molecule has 194 valence electrons. The normalized spacial score (nSPS) is 13.8. The van der Waals surface area contributed by atoms with Crippen molar-refractivity contribution < 1.29 is 19.0 Å². The van der Waals surface area contributed by atoms with Gasteiger partial charge in [0.1, 0.15) is 11.8 Å². The van der Waals surface area contributed by atoms with E-state index in [1.807, 2.05) is 13.0 Å². The highest BCUT2D eigenvalue weighted by Gasteiger charge is 2.26. The maximum atomic E-state index is 13.8. The summed E-state index contributed by atoms with van der Waals surface area (Å²) in [5.74, 6) is 1.47. The lowest BCUT2D eigenvalue weighted by Gasteiger charge is -2.33. The number of amides is 1. The number of aromatic nitrogens is 2. The minimum absolute atomic E-state index is 0.00418. The Morgan fingerprint density at radius 1 is 1.08 bits per heavy atom. The number of piperidine rings is 1. The topological polar surface area (TPSA) is 116 Å². The predicted molar refractivity (Wildman–Crippen MR) is 137 cm³/mol. The van der Waals surface area contributed by atoms with Gasteiger partial charge in [-0.2, -0.15) is 5.26 Å². The summed E-state index contributed by atoms with van der Waals surface area (Å²) >= 11 is 0. The van der Waals surface area contributed by atoms with Gasteiger partial charge in [0.25, 0.3) is 5.56 Å². The third kappa shape index (κ3) is 5.31. The molecule has 37 heavy (non-hydrogen) atoms. The number of carbonyl (C=O) groups excluding carboxylic acids is 1. The molecule has 2 heterocycles. The molecule has 0 atom stereocenters. The minimum Gasteiger partial charge on any atom is -0.493 e. The van der Waals surface area contributed by atoms with E-state index in [9.17, 15) is 14.4 Å². The number of nitrogens with zero attached hydrogens (tertiary/aromatic N) is 4. The molecule has 0 N–H and O–H groups in total. The minimum atomic E-state index is -0.450. The first kappa shape index (κ1) is 25.8. The second kappa shape index (κ2) is 11.2. The molecular weight excluding hydrogens is 476 g/mol. The molecular formula is C27H30N4O6. The molecule has 0 saturated carbocycles. The fourth-order valence-corrected chi connectivity index (χ4v) is 4.77. The van der Waals surface area contributed by atoms with E-state index < -0.39 is 11.2 Å². The molecule has 10 heteroatoms. The maximum absolute atomic E-state index is 13.8. The molecule has 1 fully saturated rings. The Hall–Kier alpha value is -4.26. The van der Waals surface area contributed by atoms with Crippen LogP contribution in [0.4, 0.5) is 0 Å². The maximum Gasteiger partial charge on any atom is 0.332 e. The van der Waals surface area contributed by atoms with Crippen LogP contribution in [0.1, 0.15) is 38.3 Å². The third-order valence-electron chi connectivity index (χ3n) is 6.59. The van der Waals surface area contributed by atoms with Gasteiger partial charge in [-0.3, -0.25) is 18.7 Å². The molecule has 1 aromatic heterocycles. The Morgan fingerprint density at radius 2 is 1.84 bits per heavy atom. The zero-order valence-corrected chi connectivity index (χ0v) is 21.2. The van der Waals surface area contributed by atoms with Crippen molar-refractivity contribution in [2.75, 3.05) is 33.4 Å². The van der Waals surface area contributed by atoms with E-state index >= 15 is 0 Å². The molecule has 10 nitrogen and oxygen atoms in total. The number of carbonyl (C=O) groups is 1. The molecule has 0 spiro atoms. The quantitative estimate of drug-likeness (QED) is 0.461. The molecule has 4 rings (SSSR count). The summed E-state index contributed by atoms with van der Waals surface area (Å²) in [5.41, 5.74) is 0.339. The molecule has 1 amide bonds.